The minimum atomic E-state index is -0.542. The van der Waals surface area contributed by atoms with Gasteiger partial charge in [-0.15, -0.1) is 0 Å². The van der Waals surface area contributed by atoms with Crippen molar-refractivity contribution in [1.82, 2.24) is 4.90 Å². The van der Waals surface area contributed by atoms with Crippen molar-refractivity contribution in [3.63, 3.8) is 0 Å². The number of fused-ring (bicyclic) bond motifs is 9. The number of nitrogens with zero attached hydrogens (tertiary/aromatic N) is 2. The summed E-state index contributed by atoms with van der Waals surface area (Å²) in [5, 5.41) is 0. The highest BCUT2D eigenvalue weighted by Crippen LogP contribution is 2.63. The van der Waals surface area contributed by atoms with Crippen molar-refractivity contribution >= 4 is 11.4 Å². The Kier molecular flexibility index (Phi) is 7.68. The van der Waals surface area contributed by atoms with Crippen molar-refractivity contribution < 1.29 is 4.74 Å². The molecule has 0 N–H and O–H groups in total. The fourth-order valence-electron chi connectivity index (χ4n) is 9.56. The minimum Gasteiger partial charge on any atom is -0.456 e. The first-order chi connectivity index (χ1) is 28.2. The first-order valence-electron chi connectivity index (χ1n) is 19.6. The molecule has 1 aliphatic carbocycles. The van der Waals surface area contributed by atoms with Gasteiger partial charge in [-0.25, -0.2) is 0 Å². The normalized spacial score (nSPS) is 15.7. The third kappa shape index (κ3) is 5.02. The average molecular weight is 731 g/mol. The number of hydrogen-bond acceptors (Lipinski definition) is 3. The maximum Gasteiger partial charge on any atom is 0.148 e. The average Bonchev–Trinajstić information content (AvgIpc) is 3.57. The number of hydrogen-bond donors (Lipinski definition) is 0. The Labute approximate surface area is 333 Å². The van der Waals surface area contributed by atoms with Gasteiger partial charge in [-0.05, 0) is 56.6 Å². The van der Waals surface area contributed by atoms with Crippen molar-refractivity contribution in [2.75, 3.05) is 7.05 Å². The summed E-state index contributed by atoms with van der Waals surface area (Å²) in [5.41, 5.74) is 16.8. The molecule has 270 valence electrons. The van der Waals surface area contributed by atoms with Gasteiger partial charge in [-0.1, -0.05) is 194 Å². The summed E-state index contributed by atoms with van der Waals surface area (Å²) in [6.45, 7) is 0. The van der Waals surface area contributed by atoms with E-state index in [2.05, 4.69) is 218 Å². The number of aliphatic imine (C=N–C) groups is 1. The molecule has 0 amide bonds. The molecule has 1 unspecified atom stereocenters. The summed E-state index contributed by atoms with van der Waals surface area (Å²) in [6, 6.07) is 71.7. The van der Waals surface area contributed by atoms with Gasteiger partial charge in [-0.3, -0.25) is 4.99 Å². The van der Waals surface area contributed by atoms with E-state index in [-0.39, 0.29) is 6.17 Å². The van der Waals surface area contributed by atoms with Crippen LogP contribution in [-0.4, -0.2) is 17.7 Å². The molecule has 3 aliphatic rings. The molecule has 0 bridgehead atoms. The lowest BCUT2D eigenvalue weighted by molar-refractivity contribution is 0.365. The van der Waals surface area contributed by atoms with Crippen LogP contribution < -0.4 is 4.74 Å². The molecule has 0 fully saturated rings. The Morgan fingerprint density at radius 2 is 0.947 bits per heavy atom. The molecule has 8 aromatic rings. The third-order valence-electron chi connectivity index (χ3n) is 12.0. The lowest BCUT2D eigenvalue weighted by Gasteiger charge is -2.40. The van der Waals surface area contributed by atoms with Crippen LogP contribution in [0.3, 0.4) is 0 Å². The van der Waals surface area contributed by atoms with Crippen LogP contribution >= 0.6 is 0 Å². The zero-order valence-corrected chi connectivity index (χ0v) is 31.5. The highest BCUT2D eigenvalue weighted by atomic mass is 16.5. The van der Waals surface area contributed by atoms with E-state index in [0.29, 0.717) is 0 Å². The van der Waals surface area contributed by atoms with Gasteiger partial charge in [0.15, 0.2) is 0 Å². The molecular weight excluding hydrogens is 693 g/mol. The summed E-state index contributed by atoms with van der Waals surface area (Å²) >= 11 is 0. The lowest BCUT2D eigenvalue weighted by Crippen LogP contribution is -2.32. The van der Waals surface area contributed by atoms with Gasteiger partial charge in [0.05, 0.1) is 11.1 Å². The first kappa shape index (κ1) is 33.1. The Morgan fingerprint density at radius 1 is 0.439 bits per heavy atom. The van der Waals surface area contributed by atoms with Gasteiger partial charge in [0.1, 0.15) is 17.7 Å². The lowest BCUT2D eigenvalue weighted by atomic mass is 9.65. The van der Waals surface area contributed by atoms with Crippen LogP contribution in [-0.2, 0) is 5.41 Å². The highest BCUT2D eigenvalue weighted by molar-refractivity contribution is 6.13. The largest absolute Gasteiger partial charge is 0.456 e. The second-order valence-electron chi connectivity index (χ2n) is 15.0. The number of benzene rings is 8. The molecule has 0 aromatic heterocycles. The van der Waals surface area contributed by atoms with Gasteiger partial charge >= 0.3 is 0 Å². The predicted molar refractivity (Wildman–Crippen MR) is 233 cm³/mol. The molecule has 0 saturated carbocycles. The van der Waals surface area contributed by atoms with Crippen LogP contribution in [0.1, 0.15) is 45.1 Å². The van der Waals surface area contributed by atoms with Crippen LogP contribution in [0.2, 0.25) is 0 Å². The quantitative estimate of drug-likeness (QED) is 0.176. The Bertz CT molecular complexity index is 2860. The van der Waals surface area contributed by atoms with Gasteiger partial charge < -0.3 is 9.64 Å². The van der Waals surface area contributed by atoms with E-state index in [9.17, 15) is 0 Å². The molecule has 3 nitrogen and oxygen atoms in total. The van der Waals surface area contributed by atoms with Crippen LogP contribution in [0.4, 0.5) is 0 Å². The fraction of sp³-hybridized carbons (Fsp3) is 0.0556. The van der Waals surface area contributed by atoms with Gasteiger partial charge in [0.25, 0.3) is 0 Å². The number of rotatable bonds is 5. The van der Waals surface area contributed by atoms with Gasteiger partial charge in [-0.2, -0.15) is 0 Å². The van der Waals surface area contributed by atoms with E-state index in [1.54, 1.807) is 0 Å². The Hall–Kier alpha value is -7.23. The molecule has 57 heavy (non-hydrogen) atoms. The number of ether oxygens (including phenoxy) is 1. The van der Waals surface area contributed by atoms with E-state index >= 15 is 0 Å². The predicted octanol–water partition coefficient (Wildman–Crippen LogP) is 13.0. The maximum atomic E-state index is 7.13. The first-order valence-corrected chi connectivity index (χ1v) is 19.6. The van der Waals surface area contributed by atoms with Gasteiger partial charge in [0, 0.05) is 40.6 Å². The molecule has 11 rings (SSSR count). The van der Waals surface area contributed by atoms with Crippen LogP contribution in [0, 0.1) is 0 Å². The van der Waals surface area contributed by atoms with Crippen LogP contribution in [0.25, 0.3) is 39.1 Å². The van der Waals surface area contributed by atoms with E-state index in [1.165, 1.54) is 33.4 Å². The van der Waals surface area contributed by atoms with Crippen LogP contribution in [0.5, 0.6) is 11.5 Å². The van der Waals surface area contributed by atoms with E-state index in [4.69, 9.17) is 9.73 Å². The summed E-state index contributed by atoms with van der Waals surface area (Å²) < 4.78 is 7.13. The third-order valence-corrected chi connectivity index (χ3v) is 12.0. The maximum absolute atomic E-state index is 7.13. The van der Waals surface area contributed by atoms with Crippen molar-refractivity contribution in [3.05, 3.63) is 245 Å². The van der Waals surface area contributed by atoms with E-state index in [1.807, 2.05) is 0 Å². The zero-order valence-electron chi connectivity index (χ0n) is 31.5. The zero-order chi connectivity index (χ0) is 37.9. The second kappa shape index (κ2) is 13.2. The summed E-state index contributed by atoms with van der Waals surface area (Å²) in [5.74, 6) is 1.76. The number of para-hydroxylation sites is 2. The van der Waals surface area contributed by atoms with Crippen molar-refractivity contribution in [3.8, 4) is 44.9 Å². The molecule has 0 saturated heterocycles. The molecule has 3 heteroatoms. The molecular formula is C54H38N2O. The monoisotopic (exact) mass is 730 g/mol. The summed E-state index contributed by atoms with van der Waals surface area (Å²) in [6.07, 6.45) is 1.92. The standard InChI is InChI=1S/C54H38N2O/c1-56-50(42-27-10-8-23-38(42)36-19-4-2-5-20-36)35-49(37-21-6-3-7-22-37)55-53(56)44-28-11-9-24-39(44)43-29-18-33-48-52(43)57-51-34-17-16-32-47(51)54(48)45-30-14-12-25-40(45)41-26-13-15-31-46(41)54/h2-35,53H,1H3. The summed E-state index contributed by atoms with van der Waals surface area (Å²) in [7, 11) is 2.18. The van der Waals surface area contributed by atoms with Crippen molar-refractivity contribution in [2.24, 2.45) is 4.99 Å². The highest BCUT2D eigenvalue weighted by Gasteiger charge is 2.51. The Balaban J connectivity index is 1.12. The molecule has 2 heterocycles. The van der Waals surface area contributed by atoms with E-state index < -0.39 is 5.41 Å². The molecule has 0 radical (unpaired) electrons. The minimum absolute atomic E-state index is 0.325. The fourth-order valence-corrected chi connectivity index (χ4v) is 9.56. The topological polar surface area (TPSA) is 24.8 Å². The Morgan fingerprint density at radius 3 is 1.65 bits per heavy atom. The number of allylic oxidation sites excluding steroid dienone is 1. The molecule has 1 atom stereocenters. The SMILES string of the molecule is CN1C(c2ccccc2-c2ccccc2)=CC(c2ccccc2)=NC1c1ccccc1-c1cccc2c1Oc1ccccc1C21c2ccccc2-c2ccccc21. The van der Waals surface area contributed by atoms with E-state index in [0.717, 1.165) is 61.9 Å². The van der Waals surface area contributed by atoms with Gasteiger partial charge in [0.2, 0.25) is 0 Å². The van der Waals surface area contributed by atoms with Crippen molar-refractivity contribution in [2.45, 2.75) is 11.6 Å². The molecule has 2 aliphatic heterocycles. The smallest absolute Gasteiger partial charge is 0.148 e. The second-order valence-corrected chi connectivity index (χ2v) is 15.0. The molecule has 8 aromatic carbocycles. The van der Waals surface area contributed by atoms with Crippen molar-refractivity contribution in [1.29, 1.82) is 0 Å². The summed E-state index contributed by atoms with van der Waals surface area (Å²) in [4.78, 5) is 7.91. The molecule has 1 spiro atoms. The van der Waals surface area contributed by atoms with Crippen LogP contribution in [0.15, 0.2) is 211 Å².